The molecule has 0 atom stereocenters. The quantitative estimate of drug-likeness (QED) is 0.627. The van der Waals surface area contributed by atoms with E-state index in [4.69, 9.17) is 0 Å². The van der Waals surface area contributed by atoms with Crippen LogP contribution in [0.3, 0.4) is 0 Å². The summed E-state index contributed by atoms with van der Waals surface area (Å²) in [4.78, 5) is 0. The van der Waals surface area contributed by atoms with Gasteiger partial charge in [0.05, 0.1) is 19.0 Å². The summed E-state index contributed by atoms with van der Waals surface area (Å²) in [5.41, 5.74) is 14.8. The molecule has 0 saturated carbocycles. The SMILES string of the molecule is CC(C)=C[SiH2]C=CC(C=C[SiH3])C=C[SiH2]C=C(C)C. The van der Waals surface area contributed by atoms with E-state index in [1.54, 1.807) is 0 Å². The number of allylic oxidation sites excluding steroid dienone is 5. The average Bonchev–Trinajstić information content (AvgIpc) is 2.29. The van der Waals surface area contributed by atoms with Gasteiger partial charge in [0.15, 0.2) is 0 Å². The van der Waals surface area contributed by atoms with E-state index in [1.165, 1.54) is 11.1 Å². The van der Waals surface area contributed by atoms with E-state index in [0.29, 0.717) is 5.92 Å². The average molecular weight is 293 g/mol. The lowest BCUT2D eigenvalue weighted by atomic mass is 10.1. The summed E-state index contributed by atoms with van der Waals surface area (Å²) in [6.45, 7) is 8.73. The summed E-state index contributed by atoms with van der Waals surface area (Å²) < 4.78 is 0. The molecule has 0 N–H and O–H groups in total. The second-order valence-electron chi connectivity index (χ2n) is 4.99. The molecule has 0 saturated heterocycles. The third-order valence-corrected chi connectivity index (χ3v) is 6.03. The van der Waals surface area contributed by atoms with Gasteiger partial charge in [-0.25, -0.2) is 0 Å². The molecule has 0 nitrogen and oxygen atoms in total. The fraction of sp³-hybridized carbons (Fsp3) is 0.333. The van der Waals surface area contributed by atoms with E-state index in [1.807, 2.05) is 0 Å². The molecular formula is C15H28Si3. The predicted molar refractivity (Wildman–Crippen MR) is 96.8 cm³/mol. The Morgan fingerprint density at radius 3 is 1.61 bits per heavy atom. The van der Waals surface area contributed by atoms with Crippen molar-refractivity contribution in [3.05, 3.63) is 57.9 Å². The summed E-state index contributed by atoms with van der Waals surface area (Å²) in [5, 5.41) is 0. The van der Waals surface area contributed by atoms with E-state index in [0.717, 1.165) is 10.2 Å². The summed E-state index contributed by atoms with van der Waals surface area (Å²) in [5.74, 6) is 0.527. The van der Waals surface area contributed by atoms with Crippen molar-refractivity contribution in [2.45, 2.75) is 27.7 Å². The molecule has 0 rings (SSSR count). The van der Waals surface area contributed by atoms with Gasteiger partial charge < -0.3 is 0 Å². The van der Waals surface area contributed by atoms with Crippen LogP contribution in [-0.4, -0.2) is 29.3 Å². The summed E-state index contributed by atoms with van der Waals surface area (Å²) in [6, 6.07) is 0. The van der Waals surface area contributed by atoms with Crippen LogP contribution in [0.2, 0.25) is 0 Å². The zero-order valence-electron chi connectivity index (χ0n) is 12.6. The lowest BCUT2D eigenvalue weighted by molar-refractivity contribution is 1.08. The Labute approximate surface area is 121 Å². The molecule has 0 aromatic heterocycles. The second-order valence-corrected chi connectivity index (χ2v) is 8.36. The smallest absolute Gasteiger partial charge is 0.0687 e. The van der Waals surface area contributed by atoms with Gasteiger partial charge in [0.25, 0.3) is 0 Å². The minimum atomic E-state index is -0.137. The number of hydrogen-bond acceptors (Lipinski definition) is 0. The first-order valence-electron chi connectivity index (χ1n) is 6.79. The molecule has 0 aliphatic carbocycles. The van der Waals surface area contributed by atoms with E-state index in [9.17, 15) is 0 Å². The minimum Gasteiger partial charge on any atom is -0.108 e. The lowest BCUT2D eigenvalue weighted by Gasteiger charge is -1.99. The minimum absolute atomic E-state index is 0.137. The zero-order valence-corrected chi connectivity index (χ0v) is 17.4. The highest BCUT2D eigenvalue weighted by atomic mass is 28.2. The molecule has 0 aromatic carbocycles. The van der Waals surface area contributed by atoms with Gasteiger partial charge in [0, 0.05) is 16.2 Å². The van der Waals surface area contributed by atoms with Crippen LogP contribution in [0.25, 0.3) is 0 Å². The second kappa shape index (κ2) is 11.4. The highest BCUT2D eigenvalue weighted by molar-refractivity contribution is 6.48. The number of rotatable bonds is 7. The van der Waals surface area contributed by atoms with Crippen molar-refractivity contribution in [3.8, 4) is 0 Å². The molecule has 0 unspecified atom stereocenters. The fourth-order valence-corrected chi connectivity index (χ4v) is 4.10. The fourth-order valence-electron chi connectivity index (χ4n) is 1.49. The molecule has 0 aliphatic heterocycles. The first-order chi connectivity index (χ1) is 8.56. The summed E-state index contributed by atoms with van der Waals surface area (Å²) >= 11 is 0. The van der Waals surface area contributed by atoms with Gasteiger partial charge in [-0.3, -0.25) is 0 Å². The highest BCUT2D eigenvalue weighted by Gasteiger charge is 1.91. The largest absolute Gasteiger partial charge is 0.108 e. The van der Waals surface area contributed by atoms with Gasteiger partial charge in [-0.15, -0.1) is 5.70 Å². The predicted octanol–water partition coefficient (Wildman–Crippen LogP) is 1.69. The molecule has 0 bridgehead atoms. The normalized spacial score (nSPS) is 14.9. The maximum atomic E-state index is 2.41. The number of hydrogen-bond donors (Lipinski definition) is 0. The first kappa shape index (κ1) is 17.4. The maximum Gasteiger partial charge on any atom is 0.0687 e. The van der Waals surface area contributed by atoms with Crippen molar-refractivity contribution >= 4 is 29.3 Å². The topological polar surface area (TPSA) is 0 Å². The molecule has 0 spiro atoms. The maximum absolute atomic E-state index is 2.41. The summed E-state index contributed by atoms with van der Waals surface area (Å²) in [7, 11) is 0.877. The Hall–Kier alpha value is -0.649. The van der Waals surface area contributed by atoms with Crippen molar-refractivity contribution in [2.24, 2.45) is 5.92 Å². The van der Waals surface area contributed by atoms with Crippen molar-refractivity contribution < 1.29 is 0 Å². The Kier molecular flexibility index (Phi) is 11.0. The van der Waals surface area contributed by atoms with Crippen molar-refractivity contribution in [1.29, 1.82) is 0 Å². The van der Waals surface area contributed by atoms with Gasteiger partial charge in [0.1, 0.15) is 0 Å². The van der Waals surface area contributed by atoms with Crippen molar-refractivity contribution in [2.75, 3.05) is 0 Å². The lowest BCUT2D eigenvalue weighted by Crippen LogP contribution is -1.90. The molecule has 0 fully saturated rings. The molecular weight excluding hydrogens is 264 g/mol. The first-order valence-corrected chi connectivity index (χ1v) is 11.2. The van der Waals surface area contributed by atoms with Gasteiger partial charge >= 0.3 is 0 Å². The van der Waals surface area contributed by atoms with Gasteiger partial charge in [-0.1, -0.05) is 52.2 Å². The van der Waals surface area contributed by atoms with Crippen LogP contribution in [0.4, 0.5) is 0 Å². The Bertz CT molecular complexity index is 322. The van der Waals surface area contributed by atoms with E-state index < -0.39 is 0 Å². The van der Waals surface area contributed by atoms with E-state index in [-0.39, 0.29) is 19.0 Å². The zero-order chi connectivity index (χ0) is 13.8. The third kappa shape index (κ3) is 11.8. The van der Waals surface area contributed by atoms with Crippen LogP contribution < -0.4 is 0 Å². The van der Waals surface area contributed by atoms with Crippen molar-refractivity contribution in [3.63, 3.8) is 0 Å². The van der Waals surface area contributed by atoms with Gasteiger partial charge in [-0.05, 0) is 27.7 Å². The van der Waals surface area contributed by atoms with Gasteiger partial charge in [0.2, 0.25) is 0 Å². The van der Waals surface area contributed by atoms with Crippen LogP contribution in [0, 0.1) is 5.92 Å². The van der Waals surface area contributed by atoms with E-state index in [2.05, 4.69) is 74.4 Å². The molecule has 3 heteroatoms. The Morgan fingerprint density at radius 1 is 0.833 bits per heavy atom. The van der Waals surface area contributed by atoms with Gasteiger partial charge in [-0.2, -0.15) is 0 Å². The third-order valence-electron chi connectivity index (χ3n) is 2.46. The molecule has 0 amide bonds. The van der Waals surface area contributed by atoms with Crippen LogP contribution in [0.15, 0.2) is 57.9 Å². The monoisotopic (exact) mass is 292 g/mol. The standard InChI is InChI=1S/C15H28Si3/c1-13(2)11-17-9-6-15(5-8-16)7-10-18-12-14(3)4/h5-12,15H,17-18H2,1-4,16H3. The Balaban J connectivity index is 4.30. The van der Waals surface area contributed by atoms with Crippen LogP contribution in [-0.2, 0) is 0 Å². The highest BCUT2D eigenvalue weighted by Crippen LogP contribution is 2.03. The molecule has 0 aliphatic rings. The Morgan fingerprint density at radius 2 is 1.28 bits per heavy atom. The molecule has 0 radical (unpaired) electrons. The molecule has 100 valence electrons. The van der Waals surface area contributed by atoms with Crippen LogP contribution in [0.1, 0.15) is 27.7 Å². The summed E-state index contributed by atoms with van der Waals surface area (Å²) in [6.07, 6.45) is 7.06. The van der Waals surface area contributed by atoms with E-state index >= 15 is 0 Å². The van der Waals surface area contributed by atoms with Crippen molar-refractivity contribution in [1.82, 2.24) is 0 Å². The molecule has 0 aromatic rings. The molecule has 18 heavy (non-hydrogen) atoms. The molecule has 0 heterocycles. The van der Waals surface area contributed by atoms with Crippen LogP contribution in [0.5, 0.6) is 0 Å². The van der Waals surface area contributed by atoms with Crippen LogP contribution >= 0.6 is 0 Å².